The number of aliphatic hydroxyl groups excluding tert-OH is 1. The first-order valence-corrected chi connectivity index (χ1v) is 17.3. The van der Waals surface area contributed by atoms with Crippen molar-refractivity contribution in [2.45, 2.75) is 87.4 Å². The molecule has 46 heavy (non-hydrogen) atoms. The SMILES string of the molecule is CC(=O)NCCc1cccc(S(=O)(=O)N(C[C@@H](O)[C@H](Cc2ccccc2)NC(=O)OC2COC3OCCC23)OC2CCCC2)c1N. The van der Waals surface area contributed by atoms with Crippen LogP contribution in [-0.4, -0.2) is 86.9 Å². The van der Waals surface area contributed by atoms with Gasteiger partial charge < -0.3 is 35.7 Å². The molecule has 252 valence electrons. The number of alkyl carbamates (subject to hydrolysis) is 1. The standard InChI is InChI=1S/C32H44N4O9S/c1-21(37)34-16-14-23-10-7-13-29(30(23)33)46(40,41)36(45-24-11-5-6-12-24)19-27(38)26(18-22-8-3-2-4-9-22)35-32(39)44-28-20-43-31-25(28)15-17-42-31/h2-4,7-10,13,24-28,31,38H,5-6,11-12,14-20,33H2,1H3,(H,34,37)(H,35,39)/t25?,26-,27+,28?,31?/m0/s1. The number of hydrogen-bond donors (Lipinski definition) is 4. The fourth-order valence-electron chi connectivity index (χ4n) is 6.17. The second kappa shape index (κ2) is 15.5. The first kappa shape index (κ1) is 34.1. The van der Waals surface area contributed by atoms with Crippen LogP contribution in [0.15, 0.2) is 53.4 Å². The van der Waals surface area contributed by atoms with Crippen LogP contribution in [0.2, 0.25) is 0 Å². The fraction of sp³-hybridized carbons (Fsp3) is 0.562. The Kier molecular flexibility index (Phi) is 11.5. The molecule has 0 radical (unpaired) electrons. The lowest BCUT2D eigenvalue weighted by Crippen LogP contribution is -2.51. The summed E-state index contributed by atoms with van der Waals surface area (Å²) in [5.41, 5.74) is 7.79. The first-order valence-electron chi connectivity index (χ1n) is 15.9. The highest BCUT2D eigenvalue weighted by atomic mass is 32.2. The van der Waals surface area contributed by atoms with Gasteiger partial charge in [-0.25, -0.2) is 13.2 Å². The lowest BCUT2D eigenvalue weighted by molar-refractivity contribution is -0.145. The van der Waals surface area contributed by atoms with Crippen LogP contribution < -0.4 is 16.4 Å². The number of benzene rings is 2. The van der Waals surface area contributed by atoms with E-state index in [4.69, 9.17) is 24.8 Å². The first-order chi connectivity index (χ1) is 22.1. The number of carbonyl (C=O) groups is 2. The smallest absolute Gasteiger partial charge is 0.407 e. The molecule has 2 saturated heterocycles. The molecule has 14 heteroatoms. The zero-order valence-electron chi connectivity index (χ0n) is 26.0. The quantitative estimate of drug-likeness (QED) is 0.174. The highest BCUT2D eigenvalue weighted by Gasteiger charge is 2.44. The van der Waals surface area contributed by atoms with Gasteiger partial charge in [0.25, 0.3) is 10.0 Å². The summed E-state index contributed by atoms with van der Waals surface area (Å²) in [5, 5.41) is 17.1. The number of carbonyl (C=O) groups excluding carboxylic acids is 2. The molecule has 2 aliphatic heterocycles. The summed E-state index contributed by atoms with van der Waals surface area (Å²) in [6.07, 6.45) is 0.965. The van der Waals surface area contributed by atoms with E-state index in [2.05, 4.69) is 10.6 Å². The molecule has 5 N–H and O–H groups in total. The summed E-state index contributed by atoms with van der Waals surface area (Å²) < 4.78 is 45.9. The van der Waals surface area contributed by atoms with Crippen molar-refractivity contribution in [3.8, 4) is 0 Å². The van der Waals surface area contributed by atoms with Gasteiger partial charge in [-0.1, -0.05) is 59.8 Å². The molecule has 1 saturated carbocycles. The van der Waals surface area contributed by atoms with Crippen molar-refractivity contribution in [3.05, 3.63) is 59.7 Å². The molecule has 0 bridgehead atoms. The third kappa shape index (κ3) is 8.55. The normalized spacial score (nSPS) is 22.8. The largest absolute Gasteiger partial charge is 0.443 e. The number of hydroxylamine groups is 1. The van der Waals surface area contributed by atoms with E-state index in [1.54, 1.807) is 12.1 Å². The van der Waals surface area contributed by atoms with E-state index in [0.717, 1.165) is 22.9 Å². The molecule has 5 atom stereocenters. The van der Waals surface area contributed by atoms with Gasteiger partial charge in [-0.05, 0) is 49.3 Å². The molecule has 2 amide bonds. The molecule has 2 aromatic rings. The Morgan fingerprint density at radius 2 is 1.85 bits per heavy atom. The summed E-state index contributed by atoms with van der Waals surface area (Å²) in [5.74, 6) is -0.272. The third-order valence-corrected chi connectivity index (χ3v) is 10.4. The number of rotatable bonds is 14. The van der Waals surface area contributed by atoms with Crippen molar-refractivity contribution in [2.24, 2.45) is 5.92 Å². The van der Waals surface area contributed by atoms with Crippen LogP contribution in [0.1, 0.15) is 50.2 Å². The van der Waals surface area contributed by atoms with Crippen LogP contribution in [0, 0.1) is 5.92 Å². The van der Waals surface area contributed by atoms with E-state index in [1.807, 2.05) is 30.3 Å². The average molecular weight is 661 g/mol. The predicted molar refractivity (Wildman–Crippen MR) is 168 cm³/mol. The lowest BCUT2D eigenvalue weighted by Gasteiger charge is -2.31. The van der Waals surface area contributed by atoms with E-state index in [9.17, 15) is 23.1 Å². The zero-order chi connectivity index (χ0) is 32.7. The van der Waals surface area contributed by atoms with Gasteiger partial charge >= 0.3 is 6.09 Å². The second-order valence-electron chi connectivity index (χ2n) is 12.0. The highest BCUT2D eigenvalue weighted by molar-refractivity contribution is 7.89. The molecule has 3 aliphatic rings. The minimum Gasteiger partial charge on any atom is -0.443 e. The van der Waals surface area contributed by atoms with Gasteiger partial charge in [-0.15, -0.1) is 0 Å². The van der Waals surface area contributed by atoms with Crippen LogP contribution >= 0.6 is 0 Å². The lowest BCUT2D eigenvalue weighted by atomic mass is 10.0. The number of nitrogens with one attached hydrogen (secondary N) is 2. The number of aliphatic hydroxyl groups is 1. The van der Waals surface area contributed by atoms with Gasteiger partial charge in [-0.2, -0.15) is 0 Å². The number of fused-ring (bicyclic) bond motifs is 1. The molecule has 2 aromatic carbocycles. The third-order valence-electron chi connectivity index (χ3n) is 8.69. The number of hydrogen-bond acceptors (Lipinski definition) is 10. The number of nitrogens with zero attached hydrogens (tertiary/aromatic N) is 1. The summed E-state index contributed by atoms with van der Waals surface area (Å²) in [7, 11) is -4.38. The molecular formula is C32H44N4O9S. The van der Waals surface area contributed by atoms with Crippen LogP contribution in [-0.2, 0) is 46.7 Å². The van der Waals surface area contributed by atoms with E-state index in [1.165, 1.54) is 13.0 Å². The average Bonchev–Trinajstić information content (AvgIpc) is 3.79. The molecule has 5 rings (SSSR count). The van der Waals surface area contributed by atoms with Gasteiger partial charge in [0.2, 0.25) is 5.91 Å². The van der Waals surface area contributed by atoms with E-state index in [-0.39, 0.29) is 48.1 Å². The molecule has 1 aliphatic carbocycles. The van der Waals surface area contributed by atoms with Gasteiger partial charge in [0.05, 0.1) is 49.6 Å². The maximum atomic E-state index is 14.2. The number of amides is 2. The minimum atomic E-state index is -4.38. The Bertz CT molecular complexity index is 1440. The van der Waals surface area contributed by atoms with Crippen LogP contribution in [0.3, 0.4) is 0 Å². The monoisotopic (exact) mass is 660 g/mol. The molecule has 3 unspecified atom stereocenters. The fourth-order valence-corrected chi connectivity index (χ4v) is 7.64. The maximum Gasteiger partial charge on any atom is 0.407 e. The van der Waals surface area contributed by atoms with Crippen molar-refractivity contribution in [1.29, 1.82) is 0 Å². The summed E-state index contributed by atoms with van der Waals surface area (Å²) in [4.78, 5) is 30.4. The number of anilines is 1. The number of nitrogens with two attached hydrogens (primary N) is 1. The number of para-hydroxylation sites is 1. The molecule has 0 spiro atoms. The van der Waals surface area contributed by atoms with E-state index >= 15 is 0 Å². The van der Waals surface area contributed by atoms with E-state index < -0.39 is 47.2 Å². The highest BCUT2D eigenvalue weighted by Crippen LogP contribution is 2.33. The zero-order valence-corrected chi connectivity index (χ0v) is 26.8. The Labute approximate surface area is 269 Å². The van der Waals surface area contributed by atoms with Crippen LogP contribution in [0.4, 0.5) is 10.5 Å². The molecule has 3 fully saturated rings. The Balaban J connectivity index is 1.36. The Morgan fingerprint density at radius 3 is 2.59 bits per heavy atom. The van der Waals surface area contributed by atoms with Crippen molar-refractivity contribution < 1.29 is 42.2 Å². The summed E-state index contributed by atoms with van der Waals surface area (Å²) in [6, 6.07) is 13.0. The summed E-state index contributed by atoms with van der Waals surface area (Å²) in [6.45, 7) is 1.95. The van der Waals surface area contributed by atoms with Gasteiger partial charge in [0.15, 0.2) is 6.29 Å². The number of ether oxygens (including phenoxy) is 3. The Hall–Kier alpha value is -3.27. The van der Waals surface area contributed by atoms with Crippen molar-refractivity contribution >= 4 is 27.7 Å². The minimum absolute atomic E-state index is 0.0397. The summed E-state index contributed by atoms with van der Waals surface area (Å²) >= 11 is 0. The van der Waals surface area contributed by atoms with E-state index in [0.29, 0.717) is 37.9 Å². The van der Waals surface area contributed by atoms with Crippen LogP contribution in [0.5, 0.6) is 0 Å². The topological polar surface area (TPSA) is 179 Å². The molecule has 0 aromatic heterocycles. The maximum absolute atomic E-state index is 14.2. The van der Waals surface area contributed by atoms with Crippen molar-refractivity contribution in [2.75, 3.05) is 32.0 Å². The van der Waals surface area contributed by atoms with Crippen LogP contribution in [0.25, 0.3) is 0 Å². The van der Waals surface area contributed by atoms with Gasteiger partial charge in [0.1, 0.15) is 11.0 Å². The number of sulfonamides is 1. The van der Waals surface area contributed by atoms with Gasteiger partial charge in [0, 0.05) is 13.5 Å². The molecule has 2 heterocycles. The predicted octanol–water partition coefficient (Wildman–Crippen LogP) is 2.27. The Morgan fingerprint density at radius 1 is 1.09 bits per heavy atom. The van der Waals surface area contributed by atoms with Crippen molar-refractivity contribution in [3.63, 3.8) is 0 Å². The van der Waals surface area contributed by atoms with Gasteiger partial charge in [-0.3, -0.25) is 9.63 Å². The second-order valence-corrected chi connectivity index (χ2v) is 13.8. The van der Waals surface area contributed by atoms with Crippen molar-refractivity contribution in [1.82, 2.24) is 15.1 Å². The molecule has 13 nitrogen and oxygen atoms in total. The molecular weight excluding hydrogens is 616 g/mol. The number of nitrogen functional groups attached to an aromatic ring is 1.